The summed E-state index contributed by atoms with van der Waals surface area (Å²) in [6, 6.07) is 5.65. The number of carbonyl (C=O) groups excluding carboxylic acids is 1. The fraction of sp³-hybridized carbons (Fsp3) is 0.375. The summed E-state index contributed by atoms with van der Waals surface area (Å²) in [6.07, 6.45) is 1.44. The van der Waals surface area contributed by atoms with Crippen LogP contribution in [0.2, 0.25) is 0 Å². The summed E-state index contributed by atoms with van der Waals surface area (Å²) in [5.41, 5.74) is 2.29. The smallest absolute Gasteiger partial charge is 0.312 e. The van der Waals surface area contributed by atoms with Gasteiger partial charge in [0.25, 0.3) is 0 Å². The molecule has 2 aromatic heterocycles. The maximum absolute atomic E-state index is 12.7. The highest BCUT2D eigenvalue weighted by Gasteiger charge is 2.31. The normalized spacial score (nSPS) is 17.5. The lowest BCUT2D eigenvalue weighted by Crippen LogP contribution is -2.23. The Morgan fingerprint density at radius 3 is 2.71 bits per heavy atom. The standard InChI is InChI=1S/C16H17NO3S/c1-9-8-12-11(16(19)20)4-3-7-17(12)14(9)15(18)13-6-5-10(2)21-13/h5-6,8,11H,3-4,7H2,1-2H3,(H,19,20). The highest BCUT2D eigenvalue weighted by Crippen LogP contribution is 2.33. The van der Waals surface area contributed by atoms with E-state index in [2.05, 4.69) is 0 Å². The minimum atomic E-state index is -0.806. The maximum atomic E-state index is 12.7. The summed E-state index contributed by atoms with van der Waals surface area (Å²) in [4.78, 5) is 25.9. The summed E-state index contributed by atoms with van der Waals surface area (Å²) in [7, 11) is 0. The molecule has 1 N–H and O–H groups in total. The number of fused-ring (bicyclic) bond motifs is 1. The second-order valence-electron chi connectivity index (χ2n) is 5.52. The zero-order chi connectivity index (χ0) is 15.1. The van der Waals surface area contributed by atoms with E-state index in [9.17, 15) is 14.7 Å². The molecule has 0 fully saturated rings. The van der Waals surface area contributed by atoms with Gasteiger partial charge in [-0.1, -0.05) is 0 Å². The van der Waals surface area contributed by atoms with E-state index in [4.69, 9.17) is 0 Å². The Morgan fingerprint density at radius 2 is 2.10 bits per heavy atom. The van der Waals surface area contributed by atoms with Crippen LogP contribution in [0.5, 0.6) is 0 Å². The molecule has 0 spiro atoms. The van der Waals surface area contributed by atoms with Crippen LogP contribution in [0.3, 0.4) is 0 Å². The lowest BCUT2D eigenvalue weighted by Gasteiger charge is -2.23. The molecule has 0 saturated carbocycles. The van der Waals surface area contributed by atoms with Gasteiger partial charge in [0.2, 0.25) is 5.78 Å². The van der Waals surface area contributed by atoms with Crippen LogP contribution in [0.4, 0.5) is 0 Å². The molecule has 110 valence electrons. The first-order valence-electron chi connectivity index (χ1n) is 7.03. The van der Waals surface area contributed by atoms with Gasteiger partial charge >= 0.3 is 5.97 Å². The van der Waals surface area contributed by atoms with Crippen molar-refractivity contribution in [3.63, 3.8) is 0 Å². The van der Waals surface area contributed by atoms with Crippen molar-refractivity contribution in [2.24, 2.45) is 0 Å². The first-order valence-corrected chi connectivity index (χ1v) is 7.84. The van der Waals surface area contributed by atoms with E-state index in [1.54, 1.807) is 0 Å². The van der Waals surface area contributed by atoms with Gasteiger partial charge in [-0.2, -0.15) is 0 Å². The van der Waals surface area contributed by atoms with Crippen LogP contribution in [-0.4, -0.2) is 21.4 Å². The number of ketones is 1. The molecule has 1 atom stereocenters. The van der Waals surface area contributed by atoms with Gasteiger partial charge in [-0.05, 0) is 50.5 Å². The van der Waals surface area contributed by atoms with Gasteiger partial charge in [0.1, 0.15) is 0 Å². The zero-order valence-electron chi connectivity index (χ0n) is 12.0. The first-order chi connectivity index (χ1) is 9.99. The summed E-state index contributed by atoms with van der Waals surface area (Å²) >= 11 is 1.48. The third-order valence-electron chi connectivity index (χ3n) is 4.03. The third kappa shape index (κ3) is 2.31. The van der Waals surface area contributed by atoms with E-state index in [0.29, 0.717) is 17.0 Å². The molecule has 0 radical (unpaired) electrons. The van der Waals surface area contributed by atoms with Crippen molar-refractivity contribution in [2.45, 2.75) is 39.2 Å². The van der Waals surface area contributed by atoms with Crippen molar-refractivity contribution in [1.29, 1.82) is 0 Å². The van der Waals surface area contributed by atoms with Crippen molar-refractivity contribution < 1.29 is 14.7 Å². The zero-order valence-corrected chi connectivity index (χ0v) is 12.9. The molecule has 1 unspecified atom stereocenters. The van der Waals surface area contributed by atoms with Crippen LogP contribution < -0.4 is 0 Å². The SMILES string of the molecule is Cc1ccc(C(=O)c2c(C)cc3n2CCCC3C(=O)O)s1. The highest BCUT2D eigenvalue weighted by molar-refractivity contribution is 7.14. The molecule has 0 amide bonds. The van der Waals surface area contributed by atoms with E-state index in [0.717, 1.165) is 29.1 Å². The lowest BCUT2D eigenvalue weighted by atomic mass is 9.96. The molecule has 2 aromatic rings. The molecule has 1 aliphatic rings. The van der Waals surface area contributed by atoms with E-state index < -0.39 is 11.9 Å². The number of rotatable bonds is 3. The van der Waals surface area contributed by atoms with Crippen LogP contribution in [0.15, 0.2) is 18.2 Å². The molecular formula is C16H17NO3S. The number of aryl methyl sites for hydroxylation is 2. The van der Waals surface area contributed by atoms with Crippen LogP contribution in [0.25, 0.3) is 0 Å². The summed E-state index contributed by atoms with van der Waals surface area (Å²) < 4.78 is 1.91. The van der Waals surface area contributed by atoms with Gasteiger partial charge in [-0.15, -0.1) is 11.3 Å². The van der Waals surface area contributed by atoms with Crippen LogP contribution >= 0.6 is 11.3 Å². The maximum Gasteiger partial charge on any atom is 0.312 e. The van der Waals surface area contributed by atoms with E-state index in [1.807, 2.05) is 36.6 Å². The van der Waals surface area contributed by atoms with Gasteiger partial charge in [-0.25, -0.2) is 0 Å². The average Bonchev–Trinajstić information content (AvgIpc) is 3.00. The Labute approximate surface area is 127 Å². The molecule has 4 nitrogen and oxygen atoms in total. The minimum Gasteiger partial charge on any atom is -0.481 e. The molecule has 5 heteroatoms. The largest absolute Gasteiger partial charge is 0.481 e. The number of nitrogens with zero attached hydrogens (tertiary/aromatic N) is 1. The molecule has 0 bridgehead atoms. The van der Waals surface area contributed by atoms with Crippen molar-refractivity contribution >= 4 is 23.1 Å². The lowest BCUT2D eigenvalue weighted by molar-refractivity contribution is -0.139. The van der Waals surface area contributed by atoms with Gasteiger partial charge in [-0.3, -0.25) is 9.59 Å². The molecule has 0 aromatic carbocycles. The second-order valence-corrected chi connectivity index (χ2v) is 6.81. The van der Waals surface area contributed by atoms with Crippen molar-refractivity contribution in [3.05, 3.63) is 44.9 Å². The Kier molecular flexibility index (Phi) is 3.45. The van der Waals surface area contributed by atoms with Gasteiger partial charge in [0.15, 0.2) is 0 Å². The first kappa shape index (κ1) is 14.1. The fourth-order valence-corrected chi connectivity index (χ4v) is 3.87. The Morgan fingerprint density at radius 1 is 1.33 bits per heavy atom. The van der Waals surface area contributed by atoms with E-state index in [-0.39, 0.29) is 5.78 Å². The number of aliphatic carboxylic acids is 1. The predicted molar refractivity (Wildman–Crippen MR) is 81.3 cm³/mol. The molecule has 0 saturated heterocycles. The topological polar surface area (TPSA) is 59.3 Å². The number of hydrogen-bond donors (Lipinski definition) is 1. The number of carboxylic acids is 1. The Hall–Kier alpha value is -1.88. The number of carboxylic acid groups (broad SMARTS) is 1. The van der Waals surface area contributed by atoms with Crippen LogP contribution in [-0.2, 0) is 11.3 Å². The molecule has 3 heterocycles. The number of aromatic nitrogens is 1. The average molecular weight is 303 g/mol. The Balaban J connectivity index is 2.08. The van der Waals surface area contributed by atoms with Gasteiger partial charge in [0, 0.05) is 17.1 Å². The third-order valence-corrected chi connectivity index (χ3v) is 5.03. The quantitative estimate of drug-likeness (QED) is 0.885. The molecule has 21 heavy (non-hydrogen) atoms. The van der Waals surface area contributed by atoms with Crippen molar-refractivity contribution in [1.82, 2.24) is 4.57 Å². The molecule has 0 aliphatic carbocycles. The minimum absolute atomic E-state index is 0.00267. The summed E-state index contributed by atoms with van der Waals surface area (Å²) in [6.45, 7) is 4.58. The molecule has 1 aliphatic heterocycles. The summed E-state index contributed by atoms with van der Waals surface area (Å²) in [5.74, 6) is -1.30. The van der Waals surface area contributed by atoms with Crippen molar-refractivity contribution in [3.8, 4) is 0 Å². The predicted octanol–water partition coefficient (Wildman–Crippen LogP) is 3.36. The van der Waals surface area contributed by atoms with Crippen LogP contribution in [0.1, 0.15) is 50.3 Å². The van der Waals surface area contributed by atoms with E-state index in [1.165, 1.54) is 11.3 Å². The number of thiophene rings is 1. The molecule has 3 rings (SSSR count). The molecular weight excluding hydrogens is 286 g/mol. The van der Waals surface area contributed by atoms with Gasteiger partial charge < -0.3 is 9.67 Å². The summed E-state index contributed by atoms with van der Waals surface area (Å²) in [5, 5.41) is 9.35. The second kappa shape index (κ2) is 5.15. The fourth-order valence-electron chi connectivity index (χ4n) is 3.07. The van der Waals surface area contributed by atoms with Gasteiger partial charge in [0.05, 0.1) is 16.5 Å². The number of carbonyl (C=O) groups is 2. The Bertz CT molecular complexity index is 726. The number of hydrogen-bond acceptors (Lipinski definition) is 3. The monoisotopic (exact) mass is 303 g/mol. The van der Waals surface area contributed by atoms with Crippen molar-refractivity contribution in [2.75, 3.05) is 0 Å². The van der Waals surface area contributed by atoms with Crippen LogP contribution in [0, 0.1) is 13.8 Å². The van der Waals surface area contributed by atoms with E-state index >= 15 is 0 Å². The highest BCUT2D eigenvalue weighted by atomic mass is 32.1.